The van der Waals surface area contributed by atoms with Gasteiger partial charge in [-0.1, -0.05) is 103 Å². The van der Waals surface area contributed by atoms with Crippen LogP contribution < -0.4 is 0 Å². The van der Waals surface area contributed by atoms with E-state index in [1.165, 1.54) is 18.2 Å². The molecule has 4 rings (SSSR count). The molecular weight excluding hydrogens is 514 g/mol. The molecule has 7 heteroatoms. The molecule has 3 atom stereocenters. The van der Waals surface area contributed by atoms with Crippen LogP contribution in [0, 0.1) is 6.92 Å². The molecule has 0 saturated heterocycles. The van der Waals surface area contributed by atoms with Crippen molar-refractivity contribution in [2.75, 3.05) is 0 Å². The molecule has 0 saturated carbocycles. The minimum absolute atomic E-state index is 0.00532. The van der Waals surface area contributed by atoms with E-state index in [-0.39, 0.29) is 22.0 Å². The molecule has 0 aliphatic heterocycles. The zero-order chi connectivity index (χ0) is 27.2. The summed E-state index contributed by atoms with van der Waals surface area (Å²) in [5, 5.41) is -0.986. The van der Waals surface area contributed by atoms with Crippen LogP contribution in [0.4, 0.5) is 0 Å². The Balaban J connectivity index is 1.92. The lowest BCUT2D eigenvalue weighted by Gasteiger charge is -2.28. The summed E-state index contributed by atoms with van der Waals surface area (Å²) in [7, 11) is -8.00. The van der Waals surface area contributed by atoms with Crippen molar-refractivity contribution in [1.82, 2.24) is 0 Å². The molecule has 0 fully saturated rings. The van der Waals surface area contributed by atoms with Crippen molar-refractivity contribution in [2.24, 2.45) is 3.77 Å². The second-order valence-corrected chi connectivity index (χ2v) is 13.1. The minimum atomic E-state index is -4.32. The number of Topliss-reactive ketones (excluding diaryl/α,β-unsaturated/α-hetero) is 1. The number of hydrogen-bond acceptors (Lipinski definition) is 4. The van der Waals surface area contributed by atoms with Gasteiger partial charge in [0.05, 0.1) is 19.9 Å². The van der Waals surface area contributed by atoms with Crippen LogP contribution in [0.15, 0.2) is 141 Å². The van der Waals surface area contributed by atoms with Gasteiger partial charge in [0, 0.05) is 22.8 Å². The standard InChI is InChI=1S/C31H29NO4S2/c1-3-31(29(25-13-7-4-8-14-25)23-30(33)26-15-9-5-10-16-26)37(34,27-17-11-6-12-18-27)32-38(35,36)28-21-19-24(2)20-22-28/h3-22,29,31H,1,23H2,2H3/t29-,31+,37+/m0/s1. The number of sulfonamides is 1. The molecular formula is C31H29NO4S2. The van der Waals surface area contributed by atoms with Crippen LogP contribution in [0.1, 0.15) is 33.8 Å². The van der Waals surface area contributed by atoms with E-state index in [1.54, 1.807) is 66.7 Å². The van der Waals surface area contributed by atoms with E-state index in [2.05, 4.69) is 10.3 Å². The number of carbonyl (C=O) groups is 1. The lowest BCUT2D eigenvalue weighted by atomic mass is 9.88. The van der Waals surface area contributed by atoms with Crippen molar-refractivity contribution in [3.05, 3.63) is 145 Å². The van der Waals surface area contributed by atoms with Gasteiger partial charge in [-0.3, -0.25) is 4.79 Å². The number of ketones is 1. The number of carbonyl (C=O) groups excluding carboxylic acids is 1. The van der Waals surface area contributed by atoms with Crippen molar-refractivity contribution in [2.45, 2.75) is 34.3 Å². The van der Waals surface area contributed by atoms with E-state index < -0.39 is 30.9 Å². The van der Waals surface area contributed by atoms with Crippen molar-refractivity contribution < 1.29 is 17.4 Å². The molecule has 0 bridgehead atoms. The minimum Gasteiger partial charge on any atom is -0.294 e. The van der Waals surface area contributed by atoms with Crippen LogP contribution in [0.25, 0.3) is 0 Å². The SMILES string of the molecule is C=C[C@H]([C@@H](CC(=O)c1ccccc1)c1ccccc1)[S@@](=O)(=NS(=O)(=O)c1ccc(C)cc1)c1ccccc1. The Bertz CT molecular complexity index is 1620. The van der Waals surface area contributed by atoms with Gasteiger partial charge in [0.15, 0.2) is 5.78 Å². The quantitative estimate of drug-likeness (QED) is 0.162. The number of benzene rings is 4. The molecule has 0 amide bonds. The molecule has 0 aliphatic rings. The summed E-state index contributed by atoms with van der Waals surface area (Å²) in [4.78, 5) is 13.6. The Labute approximate surface area is 225 Å². The first-order valence-electron chi connectivity index (χ1n) is 12.1. The average Bonchev–Trinajstić information content (AvgIpc) is 2.94. The van der Waals surface area contributed by atoms with E-state index in [1.807, 2.05) is 43.3 Å². The third-order valence-electron chi connectivity index (χ3n) is 6.34. The molecule has 0 aromatic heterocycles. The fraction of sp³-hybridized carbons (Fsp3) is 0.129. The fourth-order valence-corrected chi connectivity index (χ4v) is 8.90. The first-order chi connectivity index (χ1) is 18.2. The summed E-state index contributed by atoms with van der Waals surface area (Å²) < 4.78 is 46.1. The highest BCUT2D eigenvalue weighted by Gasteiger charge is 2.35. The van der Waals surface area contributed by atoms with Gasteiger partial charge in [0.1, 0.15) is 0 Å². The molecule has 0 N–H and O–H groups in total. The lowest BCUT2D eigenvalue weighted by molar-refractivity contribution is 0.0974. The molecule has 4 aromatic carbocycles. The Morgan fingerprint density at radius 1 is 0.763 bits per heavy atom. The van der Waals surface area contributed by atoms with Crippen LogP contribution in [0.5, 0.6) is 0 Å². The molecule has 0 unspecified atom stereocenters. The monoisotopic (exact) mass is 543 g/mol. The molecule has 0 aliphatic carbocycles. The Kier molecular flexibility index (Phi) is 8.39. The predicted molar refractivity (Wildman–Crippen MR) is 152 cm³/mol. The summed E-state index contributed by atoms with van der Waals surface area (Å²) >= 11 is 0. The summed E-state index contributed by atoms with van der Waals surface area (Å²) in [5.41, 5.74) is 2.15. The van der Waals surface area contributed by atoms with Crippen molar-refractivity contribution >= 4 is 25.5 Å². The van der Waals surface area contributed by atoms with Crippen molar-refractivity contribution in [1.29, 1.82) is 0 Å². The van der Waals surface area contributed by atoms with E-state index in [0.717, 1.165) is 11.1 Å². The molecule has 5 nitrogen and oxygen atoms in total. The Morgan fingerprint density at radius 2 is 1.29 bits per heavy atom. The zero-order valence-corrected chi connectivity index (χ0v) is 22.6. The molecule has 0 heterocycles. The molecule has 4 aromatic rings. The molecule has 38 heavy (non-hydrogen) atoms. The van der Waals surface area contributed by atoms with Gasteiger partial charge in [-0.15, -0.1) is 10.3 Å². The first kappa shape index (κ1) is 27.2. The molecule has 0 radical (unpaired) electrons. The third kappa shape index (κ3) is 6.01. The average molecular weight is 544 g/mol. The molecule has 194 valence electrons. The van der Waals surface area contributed by atoms with Crippen LogP contribution in [0.2, 0.25) is 0 Å². The van der Waals surface area contributed by atoms with Gasteiger partial charge in [0.2, 0.25) is 0 Å². The van der Waals surface area contributed by atoms with E-state index in [0.29, 0.717) is 5.56 Å². The van der Waals surface area contributed by atoms with Crippen molar-refractivity contribution in [3.63, 3.8) is 0 Å². The summed E-state index contributed by atoms with van der Waals surface area (Å²) in [6.45, 7) is 5.80. The van der Waals surface area contributed by atoms with Gasteiger partial charge in [-0.2, -0.15) is 8.42 Å². The highest BCUT2D eigenvalue weighted by atomic mass is 32.3. The largest absolute Gasteiger partial charge is 0.294 e. The van der Waals surface area contributed by atoms with E-state index in [9.17, 15) is 17.4 Å². The highest BCUT2D eigenvalue weighted by Crippen LogP contribution is 2.36. The number of rotatable bonds is 10. The van der Waals surface area contributed by atoms with Crippen LogP contribution >= 0.6 is 0 Å². The number of hydrogen-bond donors (Lipinski definition) is 0. The predicted octanol–water partition coefficient (Wildman–Crippen LogP) is 6.82. The Morgan fingerprint density at radius 3 is 1.84 bits per heavy atom. The maximum absolute atomic E-state index is 15.0. The van der Waals surface area contributed by atoms with Crippen LogP contribution in [-0.4, -0.2) is 23.7 Å². The maximum atomic E-state index is 15.0. The van der Waals surface area contributed by atoms with Gasteiger partial charge in [-0.25, -0.2) is 4.21 Å². The summed E-state index contributed by atoms with van der Waals surface area (Å²) in [6, 6.07) is 32.7. The smallest absolute Gasteiger partial charge is 0.290 e. The van der Waals surface area contributed by atoms with E-state index >= 15 is 0 Å². The summed E-state index contributed by atoms with van der Waals surface area (Å²) in [5.74, 6) is -0.798. The maximum Gasteiger partial charge on any atom is 0.290 e. The zero-order valence-electron chi connectivity index (χ0n) is 21.0. The second-order valence-electron chi connectivity index (χ2n) is 8.96. The highest BCUT2D eigenvalue weighted by molar-refractivity contribution is 8.03. The van der Waals surface area contributed by atoms with Gasteiger partial charge in [-0.05, 0) is 36.8 Å². The Hall–Kier alpha value is -3.81. The van der Waals surface area contributed by atoms with Gasteiger partial charge in [0.25, 0.3) is 10.0 Å². The third-order valence-corrected chi connectivity index (χ3v) is 11.1. The topological polar surface area (TPSA) is 80.6 Å². The lowest BCUT2D eigenvalue weighted by Crippen LogP contribution is -2.29. The van der Waals surface area contributed by atoms with E-state index in [4.69, 9.17) is 0 Å². The van der Waals surface area contributed by atoms with Crippen LogP contribution in [0.3, 0.4) is 0 Å². The normalized spacial score (nSPS) is 14.6. The molecule has 0 spiro atoms. The van der Waals surface area contributed by atoms with Crippen LogP contribution in [-0.2, 0) is 19.8 Å². The number of aryl methyl sites for hydroxylation is 1. The second kappa shape index (κ2) is 11.7. The first-order valence-corrected chi connectivity index (χ1v) is 15.2. The van der Waals surface area contributed by atoms with Crippen molar-refractivity contribution in [3.8, 4) is 0 Å². The summed E-state index contributed by atoms with van der Waals surface area (Å²) in [6.07, 6.45) is 1.47. The van der Waals surface area contributed by atoms with Gasteiger partial charge < -0.3 is 0 Å². The number of nitrogens with zero attached hydrogens (tertiary/aromatic N) is 1. The fourth-order valence-electron chi connectivity index (χ4n) is 4.35. The van der Waals surface area contributed by atoms with Gasteiger partial charge >= 0.3 is 0 Å².